The molecule has 3 heterocycles. The highest BCUT2D eigenvalue weighted by Crippen LogP contribution is 2.27. The zero-order chi connectivity index (χ0) is 15.5. The Morgan fingerprint density at radius 3 is 2.70 bits per heavy atom. The van der Waals surface area contributed by atoms with Gasteiger partial charge in [-0.25, -0.2) is 0 Å². The number of pyridine rings is 2. The van der Waals surface area contributed by atoms with Gasteiger partial charge in [-0.15, -0.1) is 0 Å². The molecule has 0 saturated heterocycles. The minimum absolute atomic E-state index is 0.116. The summed E-state index contributed by atoms with van der Waals surface area (Å²) in [5, 5.41) is 4.52. The molecule has 3 aromatic rings. The number of benzene rings is 1. The number of nitrogens with zero attached hydrogens (tertiary/aromatic N) is 3. The number of amidine groups is 1. The molecule has 1 aliphatic rings. The summed E-state index contributed by atoms with van der Waals surface area (Å²) in [5.41, 5.74) is 3.10. The van der Waals surface area contributed by atoms with Crippen LogP contribution in [-0.4, -0.2) is 28.9 Å². The van der Waals surface area contributed by atoms with Crippen LogP contribution in [0.5, 0.6) is 0 Å². The second-order valence-corrected chi connectivity index (χ2v) is 5.70. The maximum atomic E-state index is 4.87. The topological polar surface area (TPSA) is 50.2 Å². The molecule has 2 aromatic heterocycles. The zero-order valence-electron chi connectivity index (χ0n) is 12.8. The Morgan fingerprint density at radius 2 is 1.87 bits per heavy atom. The number of nitrogens with one attached hydrogen (secondary N) is 1. The molecule has 1 N–H and O–H groups in total. The van der Waals surface area contributed by atoms with Gasteiger partial charge in [0.25, 0.3) is 0 Å². The van der Waals surface area contributed by atoms with Gasteiger partial charge in [0.05, 0.1) is 29.5 Å². The zero-order valence-corrected chi connectivity index (χ0v) is 12.8. The highest BCUT2D eigenvalue weighted by atomic mass is 15.1. The second-order valence-electron chi connectivity index (χ2n) is 5.70. The van der Waals surface area contributed by atoms with Crippen molar-refractivity contribution in [1.82, 2.24) is 15.3 Å². The lowest BCUT2D eigenvalue weighted by Gasteiger charge is -2.17. The number of para-hydroxylation sites is 1. The minimum atomic E-state index is 0.116. The number of aliphatic imine (C=N–C) groups is 1. The average molecular weight is 302 g/mol. The maximum absolute atomic E-state index is 4.87. The minimum Gasteiger partial charge on any atom is -0.372 e. The molecule has 0 radical (unpaired) electrons. The first-order valence-electron chi connectivity index (χ1n) is 7.94. The van der Waals surface area contributed by atoms with Crippen LogP contribution in [0.4, 0.5) is 0 Å². The van der Waals surface area contributed by atoms with Crippen molar-refractivity contribution in [3.05, 3.63) is 72.2 Å². The molecular weight excluding hydrogens is 284 g/mol. The van der Waals surface area contributed by atoms with E-state index in [-0.39, 0.29) is 5.92 Å². The first-order valence-corrected chi connectivity index (χ1v) is 7.94. The van der Waals surface area contributed by atoms with Crippen molar-refractivity contribution in [3.8, 4) is 0 Å². The van der Waals surface area contributed by atoms with E-state index in [1.807, 2.05) is 30.5 Å². The lowest BCUT2D eigenvalue weighted by atomic mass is 9.95. The monoisotopic (exact) mass is 302 g/mol. The summed E-state index contributed by atoms with van der Waals surface area (Å²) in [4.78, 5) is 14.0. The van der Waals surface area contributed by atoms with Gasteiger partial charge in [-0.1, -0.05) is 30.3 Å². The van der Waals surface area contributed by atoms with E-state index in [4.69, 9.17) is 4.98 Å². The van der Waals surface area contributed by atoms with Gasteiger partial charge < -0.3 is 5.32 Å². The Labute approximate surface area is 135 Å². The van der Waals surface area contributed by atoms with Gasteiger partial charge in [-0.2, -0.15) is 0 Å². The average Bonchev–Trinajstić information content (AvgIpc) is 3.13. The van der Waals surface area contributed by atoms with E-state index in [0.29, 0.717) is 0 Å². The number of aromatic nitrogens is 2. The SMILES string of the molecule is c1ccc(C(CC2=NCCN2)c2ccc3ccccc3n2)nc1. The number of hydrogen-bond acceptors (Lipinski definition) is 4. The van der Waals surface area contributed by atoms with Crippen molar-refractivity contribution in [3.63, 3.8) is 0 Å². The normalized spacial score (nSPS) is 15.2. The molecule has 4 heteroatoms. The molecule has 1 atom stereocenters. The molecule has 0 spiro atoms. The van der Waals surface area contributed by atoms with E-state index in [1.54, 1.807) is 0 Å². The highest BCUT2D eigenvalue weighted by molar-refractivity contribution is 5.85. The molecule has 4 rings (SSSR count). The summed E-state index contributed by atoms with van der Waals surface area (Å²) >= 11 is 0. The van der Waals surface area contributed by atoms with Crippen molar-refractivity contribution in [2.45, 2.75) is 12.3 Å². The van der Waals surface area contributed by atoms with Gasteiger partial charge in [0.2, 0.25) is 0 Å². The fourth-order valence-corrected chi connectivity index (χ4v) is 3.00. The third-order valence-corrected chi connectivity index (χ3v) is 4.16. The molecule has 1 unspecified atom stereocenters. The van der Waals surface area contributed by atoms with Crippen LogP contribution in [0, 0.1) is 0 Å². The largest absolute Gasteiger partial charge is 0.372 e. The van der Waals surface area contributed by atoms with Crippen LogP contribution in [-0.2, 0) is 0 Å². The third-order valence-electron chi connectivity index (χ3n) is 4.16. The molecule has 4 nitrogen and oxygen atoms in total. The Morgan fingerprint density at radius 1 is 0.957 bits per heavy atom. The predicted octanol–water partition coefficient (Wildman–Crippen LogP) is 3.15. The van der Waals surface area contributed by atoms with Gasteiger partial charge in [0, 0.05) is 30.2 Å². The first kappa shape index (κ1) is 13.9. The first-order chi connectivity index (χ1) is 11.4. The van der Waals surface area contributed by atoms with Crippen LogP contribution >= 0.6 is 0 Å². The summed E-state index contributed by atoms with van der Waals surface area (Å²) in [5.74, 6) is 1.17. The van der Waals surface area contributed by atoms with E-state index in [9.17, 15) is 0 Å². The van der Waals surface area contributed by atoms with Crippen LogP contribution in [0.2, 0.25) is 0 Å². The van der Waals surface area contributed by atoms with E-state index in [0.717, 1.165) is 47.6 Å². The molecule has 0 aliphatic carbocycles. The Bertz CT molecular complexity index is 842. The van der Waals surface area contributed by atoms with Gasteiger partial charge >= 0.3 is 0 Å². The molecule has 0 bridgehead atoms. The molecule has 23 heavy (non-hydrogen) atoms. The van der Waals surface area contributed by atoms with E-state index >= 15 is 0 Å². The number of hydrogen-bond donors (Lipinski definition) is 1. The molecule has 1 aliphatic heterocycles. The van der Waals surface area contributed by atoms with E-state index in [2.05, 4.69) is 45.6 Å². The fourth-order valence-electron chi connectivity index (χ4n) is 3.00. The summed E-state index contributed by atoms with van der Waals surface area (Å²) in [6.45, 7) is 1.78. The molecule has 0 fully saturated rings. The fraction of sp³-hybridized carbons (Fsp3) is 0.211. The smallest absolute Gasteiger partial charge is 0.0975 e. The maximum Gasteiger partial charge on any atom is 0.0975 e. The van der Waals surface area contributed by atoms with Crippen molar-refractivity contribution < 1.29 is 0 Å². The summed E-state index contributed by atoms with van der Waals surface area (Å²) in [6, 6.07) is 18.5. The quantitative estimate of drug-likeness (QED) is 0.805. The third kappa shape index (κ3) is 2.93. The molecule has 1 aromatic carbocycles. The number of fused-ring (bicyclic) bond motifs is 1. The molecule has 0 saturated carbocycles. The standard InChI is InChI=1S/C19H18N4/c1-2-6-16-14(5-1)8-9-18(23-16)15(13-19-21-11-12-22-19)17-7-3-4-10-20-17/h1-10,15H,11-13H2,(H,21,22). The van der Waals surface area contributed by atoms with Crippen LogP contribution in [0.3, 0.4) is 0 Å². The molecular formula is C19H18N4. The Hall–Kier alpha value is -2.75. The summed E-state index contributed by atoms with van der Waals surface area (Å²) < 4.78 is 0. The van der Waals surface area contributed by atoms with Crippen molar-refractivity contribution in [2.75, 3.05) is 13.1 Å². The highest BCUT2D eigenvalue weighted by Gasteiger charge is 2.21. The molecule has 0 amide bonds. The van der Waals surface area contributed by atoms with Crippen molar-refractivity contribution >= 4 is 16.7 Å². The van der Waals surface area contributed by atoms with Gasteiger partial charge in [0.15, 0.2) is 0 Å². The summed E-state index contributed by atoms with van der Waals surface area (Å²) in [6.07, 6.45) is 2.65. The Balaban J connectivity index is 1.76. The van der Waals surface area contributed by atoms with E-state index in [1.165, 1.54) is 0 Å². The van der Waals surface area contributed by atoms with Gasteiger partial charge in [-0.05, 0) is 24.3 Å². The van der Waals surface area contributed by atoms with E-state index < -0.39 is 0 Å². The van der Waals surface area contributed by atoms with Crippen LogP contribution in [0.15, 0.2) is 65.8 Å². The summed E-state index contributed by atoms with van der Waals surface area (Å²) in [7, 11) is 0. The van der Waals surface area contributed by atoms with Crippen molar-refractivity contribution in [2.24, 2.45) is 4.99 Å². The number of rotatable bonds is 4. The lowest BCUT2D eigenvalue weighted by molar-refractivity contribution is 0.776. The second kappa shape index (κ2) is 6.16. The van der Waals surface area contributed by atoms with Gasteiger partial charge in [-0.3, -0.25) is 15.0 Å². The Kier molecular flexibility index (Phi) is 3.72. The van der Waals surface area contributed by atoms with Crippen LogP contribution in [0.25, 0.3) is 10.9 Å². The lowest BCUT2D eigenvalue weighted by Crippen LogP contribution is -2.22. The molecule has 114 valence electrons. The van der Waals surface area contributed by atoms with Crippen LogP contribution in [0.1, 0.15) is 23.7 Å². The van der Waals surface area contributed by atoms with Gasteiger partial charge in [0.1, 0.15) is 0 Å². The van der Waals surface area contributed by atoms with Crippen molar-refractivity contribution in [1.29, 1.82) is 0 Å². The van der Waals surface area contributed by atoms with Crippen LogP contribution < -0.4 is 5.32 Å². The predicted molar refractivity (Wildman–Crippen MR) is 92.7 cm³/mol.